The molecule has 0 aliphatic heterocycles. The average molecular weight is 506 g/mol. The fourth-order valence-corrected chi connectivity index (χ4v) is 3.34. The highest BCUT2D eigenvalue weighted by molar-refractivity contribution is 6.35. The first-order valence-electron chi connectivity index (χ1n) is 9.88. The number of rotatable bonds is 8. The van der Waals surface area contributed by atoms with Crippen LogP contribution in [0.15, 0.2) is 71.8 Å². The predicted molar refractivity (Wildman–Crippen MR) is 130 cm³/mol. The minimum absolute atomic E-state index is 0.313. The molecule has 0 saturated carbocycles. The van der Waals surface area contributed by atoms with Crippen LogP contribution in [0.5, 0.6) is 11.5 Å². The maximum atomic E-state index is 12.4. The van der Waals surface area contributed by atoms with Gasteiger partial charge in [-0.05, 0) is 72.6 Å². The van der Waals surface area contributed by atoms with Gasteiger partial charge in [0.15, 0.2) is 6.10 Å². The van der Waals surface area contributed by atoms with Gasteiger partial charge in [-0.25, -0.2) is 10.2 Å². The minimum atomic E-state index is -0.783. The lowest BCUT2D eigenvalue weighted by Crippen LogP contribution is -2.35. The summed E-state index contributed by atoms with van der Waals surface area (Å²) in [6.45, 7) is 1.81. The van der Waals surface area contributed by atoms with Crippen LogP contribution in [0, 0.1) is 0 Å². The SMILES string of the molecule is CCC(Oc1ccc(Cl)cc1Cl)C(=O)N/N=C/c1ccc(OC(=O)c2cccc(Cl)c2)cc1. The highest BCUT2D eigenvalue weighted by Gasteiger charge is 2.19. The Kier molecular flexibility index (Phi) is 8.72. The van der Waals surface area contributed by atoms with E-state index in [1.165, 1.54) is 18.3 Å². The van der Waals surface area contributed by atoms with Crippen molar-refractivity contribution in [1.29, 1.82) is 0 Å². The first-order valence-corrected chi connectivity index (χ1v) is 11.0. The molecule has 0 bridgehead atoms. The second-order valence-corrected chi connectivity index (χ2v) is 8.07. The Morgan fingerprint density at radius 3 is 2.39 bits per heavy atom. The smallest absolute Gasteiger partial charge is 0.343 e. The lowest BCUT2D eigenvalue weighted by molar-refractivity contribution is -0.128. The van der Waals surface area contributed by atoms with Gasteiger partial charge in [-0.2, -0.15) is 5.10 Å². The largest absolute Gasteiger partial charge is 0.479 e. The normalized spacial score (nSPS) is 11.8. The lowest BCUT2D eigenvalue weighted by Gasteiger charge is -2.16. The number of carbonyl (C=O) groups excluding carboxylic acids is 2. The fourth-order valence-electron chi connectivity index (χ4n) is 2.69. The van der Waals surface area contributed by atoms with Crippen molar-refractivity contribution in [2.24, 2.45) is 5.10 Å². The molecular formula is C24H19Cl3N2O4. The molecule has 6 nitrogen and oxygen atoms in total. The van der Waals surface area contributed by atoms with Crippen molar-refractivity contribution in [3.63, 3.8) is 0 Å². The molecule has 33 heavy (non-hydrogen) atoms. The van der Waals surface area contributed by atoms with Crippen LogP contribution in [0.4, 0.5) is 0 Å². The summed E-state index contributed by atoms with van der Waals surface area (Å²) in [5, 5.41) is 5.19. The van der Waals surface area contributed by atoms with E-state index in [-0.39, 0.29) is 0 Å². The Morgan fingerprint density at radius 1 is 1.00 bits per heavy atom. The van der Waals surface area contributed by atoms with Gasteiger partial charge in [0.05, 0.1) is 16.8 Å². The molecule has 9 heteroatoms. The summed E-state index contributed by atoms with van der Waals surface area (Å²) in [5.74, 6) is -0.222. The highest BCUT2D eigenvalue weighted by atomic mass is 35.5. The molecule has 0 aromatic heterocycles. The van der Waals surface area contributed by atoms with Crippen molar-refractivity contribution in [3.05, 3.63) is 92.9 Å². The number of hydrogen-bond acceptors (Lipinski definition) is 5. The molecule has 0 radical (unpaired) electrons. The van der Waals surface area contributed by atoms with Crippen molar-refractivity contribution in [1.82, 2.24) is 5.43 Å². The second kappa shape index (κ2) is 11.7. The summed E-state index contributed by atoms with van der Waals surface area (Å²) in [4.78, 5) is 24.6. The maximum Gasteiger partial charge on any atom is 0.343 e. The van der Waals surface area contributed by atoms with E-state index in [1.54, 1.807) is 61.5 Å². The first-order chi connectivity index (χ1) is 15.9. The molecule has 1 amide bonds. The van der Waals surface area contributed by atoms with E-state index in [2.05, 4.69) is 10.5 Å². The predicted octanol–water partition coefficient (Wildman–Crippen LogP) is 6.17. The van der Waals surface area contributed by atoms with Crippen molar-refractivity contribution in [2.75, 3.05) is 0 Å². The molecule has 1 atom stereocenters. The summed E-state index contributed by atoms with van der Waals surface area (Å²) in [7, 11) is 0. The number of hydrogen-bond donors (Lipinski definition) is 1. The van der Waals surface area contributed by atoms with Gasteiger partial charge in [0.25, 0.3) is 5.91 Å². The zero-order chi connectivity index (χ0) is 23.8. The van der Waals surface area contributed by atoms with Crippen molar-refractivity contribution in [2.45, 2.75) is 19.4 Å². The first kappa shape index (κ1) is 24.6. The topological polar surface area (TPSA) is 77.0 Å². The van der Waals surface area contributed by atoms with E-state index in [0.717, 1.165) is 0 Å². The number of ether oxygens (including phenoxy) is 2. The van der Waals surface area contributed by atoms with E-state index in [1.807, 2.05) is 0 Å². The molecule has 1 unspecified atom stereocenters. The molecular weight excluding hydrogens is 487 g/mol. The Morgan fingerprint density at radius 2 is 1.73 bits per heavy atom. The molecule has 0 heterocycles. The zero-order valence-electron chi connectivity index (χ0n) is 17.4. The molecule has 3 rings (SSSR count). The van der Waals surface area contributed by atoms with Crippen LogP contribution in [-0.4, -0.2) is 24.2 Å². The van der Waals surface area contributed by atoms with E-state index in [4.69, 9.17) is 44.3 Å². The standard InChI is InChI=1S/C24H19Cl3N2O4/c1-2-21(33-22-11-8-18(26)13-20(22)27)23(30)29-28-14-15-6-9-19(10-7-15)32-24(31)16-4-3-5-17(25)12-16/h3-14,21H,2H2,1H3,(H,29,30)/b28-14+. The summed E-state index contributed by atoms with van der Waals surface area (Å²) in [5.41, 5.74) is 3.48. The molecule has 0 fully saturated rings. The van der Waals surface area contributed by atoms with Crippen molar-refractivity contribution >= 4 is 52.9 Å². The molecule has 0 saturated heterocycles. The average Bonchev–Trinajstić information content (AvgIpc) is 2.79. The number of nitrogens with zero attached hydrogens (tertiary/aromatic N) is 1. The zero-order valence-corrected chi connectivity index (χ0v) is 19.7. The van der Waals surface area contributed by atoms with E-state index < -0.39 is 18.0 Å². The fraction of sp³-hybridized carbons (Fsp3) is 0.125. The van der Waals surface area contributed by atoms with E-state index >= 15 is 0 Å². The van der Waals surface area contributed by atoms with E-state index in [9.17, 15) is 9.59 Å². The maximum absolute atomic E-state index is 12.4. The van der Waals surface area contributed by atoms with Gasteiger partial charge in [0.1, 0.15) is 11.5 Å². The van der Waals surface area contributed by atoms with Gasteiger partial charge in [-0.1, -0.05) is 47.8 Å². The van der Waals surface area contributed by atoms with Crippen LogP contribution in [0.3, 0.4) is 0 Å². The van der Waals surface area contributed by atoms with Crippen LogP contribution in [0.2, 0.25) is 15.1 Å². The van der Waals surface area contributed by atoms with Crippen molar-refractivity contribution in [3.8, 4) is 11.5 Å². The second-order valence-electron chi connectivity index (χ2n) is 6.79. The van der Waals surface area contributed by atoms with Crippen LogP contribution in [0.25, 0.3) is 0 Å². The highest BCUT2D eigenvalue weighted by Crippen LogP contribution is 2.28. The number of carbonyl (C=O) groups is 2. The quantitative estimate of drug-likeness (QED) is 0.172. The van der Waals surface area contributed by atoms with Gasteiger partial charge >= 0.3 is 5.97 Å². The Hall–Kier alpha value is -3.06. The third-order valence-electron chi connectivity index (χ3n) is 4.37. The molecule has 0 spiro atoms. The number of benzene rings is 3. The van der Waals surface area contributed by atoms with Gasteiger partial charge in [0, 0.05) is 10.0 Å². The summed E-state index contributed by atoms with van der Waals surface area (Å²) >= 11 is 17.9. The number of esters is 1. The monoisotopic (exact) mass is 504 g/mol. The Balaban J connectivity index is 1.54. The third-order valence-corrected chi connectivity index (χ3v) is 5.13. The number of hydrazone groups is 1. The van der Waals surface area contributed by atoms with Crippen LogP contribution < -0.4 is 14.9 Å². The van der Waals surface area contributed by atoms with Gasteiger partial charge < -0.3 is 9.47 Å². The molecule has 170 valence electrons. The van der Waals surface area contributed by atoms with Crippen LogP contribution in [-0.2, 0) is 4.79 Å². The molecule has 1 N–H and O–H groups in total. The Bertz CT molecular complexity index is 1170. The van der Waals surface area contributed by atoms with Gasteiger partial charge in [0.2, 0.25) is 0 Å². The van der Waals surface area contributed by atoms with Crippen LogP contribution in [0.1, 0.15) is 29.3 Å². The summed E-state index contributed by atoms with van der Waals surface area (Å²) in [6, 6.07) is 17.9. The number of halogens is 3. The third kappa shape index (κ3) is 7.22. The minimum Gasteiger partial charge on any atom is -0.479 e. The number of nitrogens with one attached hydrogen (secondary N) is 1. The van der Waals surface area contributed by atoms with Gasteiger partial charge in [-0.3, -0.25) is 4.79 Å². The van der Waals surface area contributed by atoms with Crippen molar-refractivity contribution < 1.29 is 19.1 Å². The summed E-state index contributed by atoms with van der Waals surface area (Å²) < 4.78 is 11.0. The lowest BCUT2D eigenvalue weighted by atomic mass is 10.2. The molecule has 0 aliphatic rings. The van der Waals surface area contributed by atoms with Gasteiger partial charge in [-0.15, -0.1) is 0 Å². The van der Waals surface area contributed by atoms with Crippen LogP contribution >= 0.6 is 34.8 Å². The Labute approximate surface area is 206 Å². The summed E-state index contributed by atoms with van der Waals surface area (Å²) in [6.07, 6.45) is 1.09. The molecule has 0 aliphatic carbocycles. The molecule has 3 aromatic carbocycles. The molecule has 3 aromatic rings. The number of amides is 1. The van der Waals surface area contributed by atoms with E-state index in [0.29, 0.717) is 44.1 Å².